The molecule has 1 aliphatic rings. The Morgan fingerprint density at radius 3 is 2.86 bits per heavy atom. The molecule has 2 aromatic rings. The van der Waals surface area contributed by atoms with Crippen LogP contribution in [0, 0.1) is 0 Å². The van der Waals surface area contributed by atoms with Gasteiger partial charge in [-0.05, 0) is 25.5 Å². The van der Waals surface area contributed by atoms with Crippen LogP contribution >= 0.6 is 11.8 Å². The van der Waals surface area contributed by atoms with E-state index >= 15 is 0 Å². The summed E-state index contributed by atoms with van der Waals surface area (Å²) in [6.07, 6.45) is 1.68. The summed E-state index contributed by atoms with van der Waals surface area (Å²) in [7, 11) is 1.67. The van der Waals surface area contributed by atoms with Gasteiger partial charge in [-0.1, -0.05) is 37.2 Å². The smallest absolute Gasteiger partial charge is 0.251 e. The topological polar surface area (TPSA) is 78.5 Å². The summed E-state index contributed by atoms with van der Waals surface area (Å²) in [4.78, 5) is 35.8. The van der Waals surface area contributed by atoms with Gasteiger partial charge in [0.2, 0.25) is 5.91 Å². The zero-order valence-electron chi connectivity index (χ0n) is 17.2. The molecule has 0 spiro atoms. The number of nitrogens with one attached hydrogen (secondary N) is 1. The van der Waals surface area contributed by atoms with Crippen molar-refractivity contribution in [2.45, 2.75) is 37.9 Å². The van der Waals surface area contributed by atoms with Crippen molar-refractivity contribution in [1.29, 1.82) is 0 Å². The Kier molecular flexibility index (Phi) is 7.19. The number of carbonyl (C=O) groups excluding carboxylic acids is 1. The molecule has 0 saturated carbocycles. The van der Waals surface area contributed by atoms with Crippen LogP contribution in [0.2, 0.25) is 0 Å². The number of hydrogen-bond donors (Lipinski definition) is 1. The van der Waals surface area contributed by atoms with Gasteiger partial charge in [0.15, 0.2) is 5.16 Å². The maximum Gasteiger partial charge on any atom is 0.251 e. The Bertz CT molecular complexity index is 901. The van der Waals surface area contributed by atoms with Gasteiger partial charge in [-0.2, -0.15) is 0 Å². The van der Waals surface area contributed by atoms with Gasteiger partial charge in [0.25, 0.3) is 5.56 Å². The Balaban J connectivity index is 1.59. The lowest BCUT2D eigenvalue weighted by molar-refractivity contribution is -0.129. The number of H-pyrrole nitrogens is 1. The van der Waals surface area contributed by atoms with E-state index in [1.807, 2.05) is 36.1 Å². The number of aromatic nitrogens is 2. The lowest BCUT2D eigenvalue weighted by atomic mass is 10.1. The highest BCUT2D eigenvalue weighted by Crippen LogP contribution is 2.30. The largest absolute Gasteiger partial charge is 0.495 e. The fraction of sp³-hybridized carbons (Fsp3) is 0.476. The van der Waals surface area contributed by atoms with Crippen molar-refractivity contribution < 1.29 is 9.53 Å². The van der Waals surface area contributed by atoms with E-state index in [1.54, 1.807) is 7.11 Å². The van der Waals surface area contributed by atoms with Crippen molar-refractivity contribution in [2.75, 3.05) is 37.4 Å². The van der Waals surface area contributed by atoms with Crippen LogP contribution in [0.5, 0.6) is 5.75 Å². The Hall–Kier alpha value is -2.48. The molecule has 1 atom stereocenters. The van der Waals surface area contributed by atoms with Crippen LogP contribution in [0.4, 0.5) is 5.69 Å². The highest BCUT2D eigenvalue weighted by Gasteiger charge is 2.28. The highest BCUT2D eigenvalue weighted by atomic mass is 32.2. The molecule has 29 heavy (non-hydrogen) atoms. The molecule has 7 nitrogen and oxygen atoms in total. The third-order valence-corrected chi connectivity index (χ3v) is 5.84. The molecule has 2 heterocycles. The molecule has 1 N–H and O–H groups in total. The van der Waals surface area contributed by atoms with E-state index in [1.165, 1.54) is 17.8 Å². The fourth-order valence-electron chi connectivity index (χ4n) is 3.57. The van der Waals surface area contributed by atoms with Crippen molar-refractivity contribution >= 4 is 23.4 Å². The maximum absolute atomic E-state index is 12.7. The van der Waals surface area contributed by atoms with Gasteiger partial charge in [0.05, 0.1) is 18.6 Å². The summed E-state index contributed by atoms with van der Waals surface area (Å²) >= 11 is 1.29. The number of para-hydroxylation sites is 2. The van der Waals surface area contributed by atoms with Crippen LogP contribution in [0.3, 0.4) is 0 Å². The van der Waals surface area contributed by atoms with Crippen LogP contribution in [-0.2, 0) is 11.2 Å². The molecule has 156 valence electrons. The molecule has 0 aliphatic carbocycles. The van der Waals surface area contributed by atoms with Gasteiger partial charge >= 0.3 is 0 Å². The van der Waals surface area contributed by atoms with Gasteiger partial charge in [0.1, 0.15) is 5.75 Å². The molecule has 1 amide bonds. The van der Waals surface area contributed by atoms with Crippen LogP contribution in [0.25, 0.3) is 0 Å². The third-order valence-electron chi connectivity index (χ3n) is 4.99. The average Bonchev–Trinajstić information content (AvgIpc) is 2.72. The number of benzene rings is 1. The standard InChI is InChI=1S/C21H28N4O3S/c1-4-7-16-12-19(26)23-21(22-16)29-14-20(27)24-10-11-25(15(2)13-24)17-8-5-6-9-18(17)28-3/h5-6,8-9,12,15H,4,7,10-11,13-14H2,1-3H3,(H,22,23,26)/t15-/m0/s1. The van der Waals surface area contributed by atoms with Gasteiger partial charge < -0.3 is 19.5 Å². The third kappa shape index (κ3) is 5.32. The van der Waals surface area contributed by atoms with Crippen molar-refractivity contribution in [3.8, 4) is 5.75 Å². The summed E-state index contributed by atoms with van der Waals surface area (Å²) < 4.78 is 5.48. The van der Waals surface area contributed by atoms with E-state index in [-0.39, 0.29) is 23.3 Å². The molecule has 1 aromatic carbocycles. The number of nitrogens with zero attached hydrogens (tertiary/aromatic N) is 3. The summed E-state index contributed by atoms with van der Waals surface area (Å²) in [5, 5.41) is 0.509. The van der Waals surface area contributed by atoms with Crippen LogP contribution in [0.1, 0.15) is 26.0 Å². The quantitative estimate of drug-likeness (QED) is 0.552. The van der Waals surface area contributed by atoms with E-state index < -0.39 is 0 Å². The van der Waals surface area contributed by atoms with Crippen molar-refractivity contribution in [3.05, 3.63) is 46.4 Å². The molecule has 1 saturated heterocycles. The minimum absolute atomic E-state index is 0.0603. The second-order valence-corrected chi connectivity index (χ2v) is 8.10. The van der Waals surface area contributed by atoms with Crippen molar-refractivity contribution in [3.63, 3.8) is 0 Å². The molecule has 1 fully saturated rings. The first-order chi connectivity index (χ1) is 14.0. The highest BCUT2D eigenvalue weighted by molar-refractivity contribution is 7.99. The number of aryl methyl sites for hydroxylation is 1. The lowest BCUT2D eigenvalue weighted by Crippen LogP contribution is -2.54. The number of thioether (sulfide) groups is 1. The molecular weight excluding hydrogens is 388 g/mol. The Morgan fingerprint density at radius 2 is 2.14 bits per heavy atom. The molecule has 0 radical (unpaired) electrons. The molecule has 1 aliphatic heterocycles. The fourth-order valence-corrected chi connectivity index (χ4v) is 4.36. The van der Waals surface area contributed by atoms with Gasteiger partial charge in [0, 0.05) is 37.4 Å². The minimum atomic E-state index is -0.169. The number of carbonyl (C=O) groups is 1. The average molecular weight is 417 g/mol. The summed E-state index contributed by atoms with van der Waals surface area (Å²) in [5.74, 6) is 1.17. The van der Waals surface area contributed by atoms with Gasteiger partial charge in [-0.3, -0.25) is 9.59 Å². The number of methoxy groups -OCH3 is 1. The molecule has 0 bridgehead atoms. The molecule has 3 rings (SSSR count). The number of piperazine rings is 1. The number of hydrogen-bond acceptors (Lipinski definition) is 6. The van der Waals surface area contributed by atoms with Gasteiger partial charge in [-0.15, -0.1) is 0 Å². The molecule has 0 unspecified atom stereocenters. The van der Waals surface area contributed by atoms with E-state index in [0.717, 1.165) is 36.5 Å². The number of anilines is 1. The first kappa shape index (κ1) is 21.2. The monoisotopic (exact) mass is 416 g/mol. The summed E-state index contributed by atoms with van der Waals surface area (Å²) in [6.45, 7) is 6.22. The summed E-state index contributed by atoms with van der Waals surface area (Å²) in [5.41, 5.74) is 1.65. The maximum atomic E-state index is 12.7. The predicted octanol–water partition coefficient (Wildman–Crippen LogP) is 2.56. The van der Waals surface area contributed by atoms with E-state index in [0.29, 0.717) is 18.2 Å². The number of ether oxygens (including phenoxy) is 1. The van der Waals surface area contributed by atoms with Crippen LogP contribution < -0.4 is 15.2 Å². The van der Waals surface area contributed by atoms with E-state index in [4.69, 9.17) is 4.74 Å². The minimum Gasteiger partial charge on any atom is -0.495 e. The number of rotatable bonds is 7. The molecule has 1 aromatic heterocycles. The Labute approximate surface area is 175 Å². The predicted molar refractivity (Wildman–Crippen MR) is 116 cm³/mol. The molecule has 8 heteroatoms. The molecular formula is C21H28N4O3S. The first-order valence-corrected chi connectivity index (χ1v) is 10.9. The SMILES string of the molecule is CCCc1cc(=O)[nH]c(SCC(=O)N2CCN(c3ccccc3OC)[C@@H](C)C2)n1. The van der Waals surface area contributed by atoms with Crippen molar-refractivity contribution in [1.82, 2.24) is 14.9 Å². The van der Waals surface area contributed by atoms with Crippen LogP contribution in [-0.4, -0.2) is 59.3 Å². The van der Waals surface area contributed by atoms with E-state index in [9.17, 15) is 9.59 Å². The van der Waals surface area contributed by atoms with E-state index in [2.05, 4.69) is 21.8 Å². The number of aromatic amines is 1. The normalized spacial score (nSPS) is 16.7. The Morgan fingerprint density at radius 1 is 1.34 bits per heavy atom. The van der Waals surface area contributed by atoms with Crippen LogP contribution in [0.15, 0.2) is 40.3 Å². The lowest BCUT2D eigenvalue weighted by Gasteiger charge is -2.41. The zero-order chi connectivity index (χ0) is 20.8. The second-order valence-electron chi connectivity index (χ2n) is 7.13. The zero-order valence-corrected chi connectivity index (χ0v) is 18.0. The summed E-state index contributed by atoms with van der Waals surface area (Å²) in [6, 6.07) is 9.66. The van der Waals surface area contributed by atoms with Gasteiger partial charge in [-0.25, -0.2) is 4.98 Å². The first-order valence-electron chi connectivity index (χ1n) is 9.92. The second kappa shape index (κ2) is 9.82. The number of amides is 1. The van der Waals surface area contributed by atoms with Crippen molar-refractivity contribution in [2.24, 2.45) is 0 Å².